The van der Waals surface area contributed by atoms with Gasteiger partial charge in [-0.2, -0.15) is 0 Å². The second-order valence-corrected chi connectivity index (χ2v) is 11.7. The van der Waals surface area contributed by atoms with E-state index in [1.54, 1.807) is 18.0 Å². The SMILES string of the molecule is CC(C)C(=O)NCc1cccc(C(Nc2ccc(N(C)C(=O)CN3CCN(C)CC3)cc2)=C2C(=O)Nc3cc(F)ccc32)c1. The molecule has 0 spiro atoms. The highest BCUT2D eigenvalue weighted by Crippen LogP contribution is 2.38. The lowest BCUT2D eigenvalue weighted by Crippen LogP contribution is -2.48. The van der Waals surface area contributed by atoms with Crippen LogP contribution < -0.4 is 20.9 Å². The topological polar surface area (TPSA) is 97.0 Å². The van der Waals surface area contributed by atoms with E-state index < -0.39 is 5.82 Å². The fourth-order valence-corrected chi connectivity index (χ4v) is 5.26. The number of nitrogens with one attached hydrogen (secondary N) is 3. The van der Waals surface area contributed by atoms with Crippen molar-refractivity contribution in [2.45, 2.75) is 20.4 Å². The van der Waals surface area contributed by atoms with E-state index in [4.69, 9.17) is 0 Å². The molecule has 2 aliphatic heterocycles. The maximum Gasteiger partial charge on any atom is 0.258 e. The van der Waals surface area contributed by atoms with Crippen LogP contribution in [0.3, 0.4) is 0 Å². The van der Waals surface area contributed by atoms with Crippen LogP contribution in [0.5, 0.6) is 0 Å². The quantitative estimate of drug-likeness (QED) is 0.319. The van der Waals surface area contributed by atoms with Crippen molar-refractivity contribution in [3.05, 3.63) is 89.2 Å². The maximum absolute atomic E-state index is 14.0. The molecule has 0 radical (unpaired) electrons. The fourth-order valence-electron chi connectivity index (χ4n) is 5.26. The van der Waals surface area contributed by atoms with Gasteiger partial charge in [0.25, 0.3) is 5.91 Å². The van der Waals surface area contributed by atoms with Gasteiger partial charge in [-0.1, -0.05) is 32.0 Å². The number of benzene rings is 3. The van der Waals surface area contributed by atoms with Gasteiger partial charge in [0.05, 0.1) is 23.5 Å². The lowest BCUT2D eigenvalue weighted by molar-refractivity contribution is -0.124. The smallest absolute Gasteiger partial charge is 0.258 e. The molecular weight excluding hydrogens is 559 g/mol. The molecule has 0 unspecified atom stereocenters. The number of halogens is 1. The molecule has 5 rings (SSSR count). The Balaban J connectivity index is 1.41. The van der Waals surface area contributed by atoms with Crippen LogP contribution in [0, 0.1) is 11.7 Å². The van der Waals surface area contributed by atoms with Gasteiger partial charge in [0.1, 0.15) is 5.82 Å². The van der Waals surface area contributed by atoms with Gasteiger partial charge in [-0.3, -0.25) is 19.3 Å². The molecule has 0 bridgehead atoms. The molecule has 3 aromatic rings. The predicted octanol–water partition coefficient (Wildman–Crippen LogP) is 4.24. The van der Waals surface area contributed by atoms with E-state index in [2.05, 4.69) is 32.8 Å². The van der Waals surface area contributed by atoms with E-state index in [1.807, 2.05) is 62.4 Å². The standard InChI is InChI=1S/C34H39FN6O3/c1-22(2)33(43)36-20-23-6-5-7-24(18-23)32(31-28-13-8-25(35)19-29(28)38-34(31)44)37-26-9-11-27(12-10-26)40(4)30(42)21-41-16-14-39(3)15-17-41/h5-13,18-19,22,37H,14-17,20-21H2,1-4H3,(H,36,43)(H,38,44). The molecule has 0 atom stereocenters. The zero-order valence-electron chi connectivity index (χ0n) is 25.6. The van der Waals surface area contributed by atoms with E-state index in [1.165, 1.54) is 12.1 Å². The summed E-state index contributed by atoms with van der Waals surface area (Å²) in [7, 11) is 3.86. The van der Waals surface area contributed by atoms with Crippen molar-refractivity contribution in [2.24, 2.45) is 5.92 Å². The van der Waals surface area contributed by atoms with Crippen molar-refractivity contribution in [3.63, 3.8) is 0 Å². The van der Waals surface area contributed by atoms with E-state index in [9.17, 15) is 18.8 Å². The molecule has 2 aliphatic rings. The van der Waals surface area contributed by atoms with E-state index in [-0.39, 0.29) is 23.6 Å². The van der Waals surface area contributed by atoms with E-state index in [0.29, 0.717) is 41.3 Å². The third-order valence-electron chi connectivity index (χ3n) is 8.04. The molecule has 0 aromatic heterocycles. The van der Waals surface area contributed by atoms with Crippen LogP contribution in [0.1, 0.15) is 30.5 Å². The average Bonchev–Trinajstić information content (AvgIpc) is 3.34. The third-order valence-corrected chi connectivity index (χ3v) is 8.04. The highest BCUT2D eigenvalue weighted by Gasteiger charge is 2.29. The number of nitrogens with zero attached hydrogens (tertiary/aromatic N) is 3. The Morgan fingerprint density at radius 2 is 1.73 bits per heavy atom. The number of hydrogen-bond acceptors (Lipinski definition) is 6. The summed E-state index contributed by atoms with van der Waals surface area (Å²) in [6.45, 7) is 8.00. The van der Waals surface area contributed by atoms with Crippen LogP contribution in [0.15, 0.2) is 66.7 Å². The molecule has 1 fully saturated rings. The van der Waals surface area contributed by atoms with Crippen LogP contribution >= 0.6 is 0 Å². The van der Waals surface area contributed by atoms with Crippen LogP contribution in [0.2, 0.25) is 0 Å². The first-order chi connectivity index (χ1) is 21.1. The molecule has 3 amide bonds. The monoisotopic (exact) mass is 598 g/mol. The zero-order valence-corrected chi connectivity index (χ0v) is 25.6. The van der Waals surface area contributed by atoms with Gasteiger partial charge >= 0.3 is 0 Å². The number of amides is 3. The van der Waals surface area contributed by atoms with Crippen LogP contribution in [0.4, 0.5) is 21.5 Å². The minimum atomic E-state index is -0.440. The summed E-state index contributed by atoms with van der Waals surface area (Å²) in [6.07, 6.45) is 0. The molecular formula is C34H39FN6O3. The number of rotatable bonds is 9. The van der Waals surface area contributed by atoms with Gasteiger partial charge in [0.2, 0.25) is 11.8 Å². The molecule has 3 aromatic carbocycles. The first-order valence-corrected chi connectivity index (χ1v) is 14.9. The first-order valence-electron chi connectivity index (χ1n) is 14.9. The Morgan fingerprint density at radius 3 is 2.43 bits per heavy atom. The molecule has 44 heavy (non-hydrogen) atoms. The van der Waals surface area contributed by atoms with Crippen LogP contribution in [0.25, 0.3) is 11.3 Å². The Bertz CT molecular complexity index is 1580. The van der Waals surface area contributed by atoms with Crippen molar-refractivity contribution in [3.8, 4) is 0 Å². The van der Waals surface area contributed by atoms with Crippen LogP contribution in [-0.2, 0) is 20.9 Å². The first kappa shape index (κ1) is 30.9. The Kier molecular flexibility index (Phi) is 9.41. The van der Waals surface area contributed by atoms with Crippen LogP contribution in [-0.4, -0.2) is 74.3 Å². The van der Waals surface area contributed by atoms with Gasteiger partial charge in [-0.05, 0) is 66.7 Å². The average molecular weight is 599 g/mol. The fraction of sp³-hybridized carbons (Fsp3) is 0.324. The third kappa shape index (κ3) is 7.15. The highest BCUT2D eigenvalue weighted by atomic mass is 19.1. The molecule has 3 N–H and O–H groups in total. The minimum absolute atomic E-state index is 0.0194. The molecule has 2 heterocycles. The Labute approximate surface area is 257 Å². The summed E-state index contributed by atoms with van der Waals surface area (Å²) in [5.41, 5.74) is 4.97. The van der Waals surface area contributed by atoms with Gasteiger partial charge in [0.15, 0.2) is 0 Å². The molecule has 230 valence electrons. The summed E-state index contributed by atoms with van der Waals surface area (Å²) in [6, 6.07) is 19.3. The lowest BCUT2D eigenvalue weighted by Gasteiger charge is -2.32. The van der Waals surface area contributed by atoms with E-state index >= 15 is 0 Å². The van der Waals surface area contributed by atoms with Crippen molar-refractivity contribution in [2.75, 3.05) is 62.4 Å². The minimum Gasteiger partial charge on any atom is -0.354 e. The summed E-state index contributed by atoms with van der Waals surface area (Å²) >= 11 is 0. The number of fused-ring (bicyclic) bond motifs is 1. The van der Waals surface area contributed by atoms with Crippen molar-refractivity contribution in [1.29, 1.82) is 0 Å². The largest absolute Gasteiger partial charge is 0.354 e. The second kappa shape index (κ2) is 13.4. The summed E-state index contributed by atoms with van der Waals surface area (Å²) < 4.78 is 14.0. The number of likely N-dealkylation sites (N-methyl/N-ethyl adjacent to an activating group) is 2. The lowest BCUT2D eigenvalue weighted by atomic mass is 9.98. The second-order valence-electron chi connectivity index (χ2n) is 11.7. The Hall–Kier alpha value is -4.54. The molecule has 1 saturated heterocycles. The van der Waals surface area contributed by atoms with Crippen molar-refractivity contribution >= 4 is 46.1 Å². The highest BCUT2D eigenvalue weighted by molar-refractivity contribution is 6.37. The molecule has 0 saturated carbocycles. The van der Waals surface area contributed by atoms with Crippen molar-refractivity contribution < 1.29 is 18.8 Å². The number of hydrogen-bond donors (Lipinski definition) is 3. The zero-order chi connectivity index (χ0) is 31.4. The van der Waals surface area contributed by atoms with Gasteiger partial charge in [0, 0.05) is 62.6 Å². The number of carbonyl (C=O) groups is 3. The normalized spacial score (nSPS) is 16.4. The number of piperazine rings is 1. The summed E-state index contributed by atoms with van der Waals surface area (Å²) in [4.78, 5) is 44.6. The summed E-state index contributed by atoms with van der Waals surface area (Å²) in [5.74, 6) is -0.959. The molecule has 10 heteroatoms. The van der Waals surface area contributed by atoms with Gasteiger partial charge in [-0.25, -0.2) is 4.39 Å². The molecule has 9 nitrogen and oxygen atoms in total. The maximum atomic E-state index is 14.0. The number of anilines is 3. The summed E-state index contributed by atoms with van der Waals surface area (Å²) in [5, 5.41) is 9.13. The Morgan fingerprint density at radius 1 is 1.00 bits per heavy atom. The molecule has 0 aliphatic carbocycles. The van der Waals surface area contributed by atoms with Crippen molar-refractivity contribution in [1.82, 2.24) is 15.1 Å². The van der Waals surface area contributed by atoms with Gasteiger partial charge < -0.3 is 25.8 Å². The van der Waals surface area contributed by atoms with Gasteiger partial charge in [-0.15, -0.1) is 0 Å². The number of carbonyl (C=O) groups excluding carboxylic acids is 3. The van der Waals surface area contributed by atoms with E-state index in [0.717, 1.165) is 43.0 Å². The predicted molar refractivity (Wildman–Crippen MR) is 172 cm³/mol.